The summed E-state index contributed by atoms with van der Waals surface area (Å²) >= 11 is 0. The first kappa shape index (κ1) is 12.8. The molecule has 1 heterocycles. The largest absolute Gasteiger partial charge is 0.495 e. The quantitative estimate of drug-likeness (QED) is 0.875. The monoisotopic (exact) mass is 259 g/mol. The number of carbonyl (C=O) groups is 1. The maximum atomic E-state index is 10.7. The first-order chi connectivity index (χ1) is 9.10. The number of aromatic nitrogens is 2. The number of ether oxygens (including phenoxy) is 1. The number of aryl methyl sites for hydroxylation is 1. The molecular formula is C13H13N3O3. The van der Waals surface area contributed by atoms with Gasteiger partial charge in [0.2, 0.25) is 0 Å². The summed E-state index contributed by atoms with van der Waals surface area (Å²) in [5.41, 5.74) is 1.72. The fourth-order valence-electron chi connectivity index (χ4n) is 1.56. The minimum absolute atomic E-state index is 0.0956. The van der Waals surface area contributed by atoms with Gasteiger partial charge in [-0.1, -0.05) is 6.07 Å². The van der Waals surface area contributed by atoms with Crippen molar-refractivity contribution in [2.45, 2.75) is 6.92 Å². The van der Waals surface area contributed by atoms with Crippen molar-refractivity contribution in [2.75, 3.05) is 12.4 Å². The lowest BCUT2D eigenvalue weighted by Crippen LogP contribution is -2.03. The van der Waals surface area contributed by atoms with Crippen molar-refractivity contribution in [3.8, 4) is 5.75 Å². The van der Waals surface area contributed by atoms with Crippen LogP contribution in [0.5, 0.6) is 5.75 Å². The van der Waals surface area contributed by atoms with Crippen molar-refractivity contribution in [2.24, 2.45) is 0 Å². The molecule has 98 valence electrons. The topological polar surface area (TPSA) is 84.3 Å². The molecule has 0 aliphatic heterocycles. The second-order valence-electron chi connectivity index (χ2n) is 3.92. The third-order valence-electron chi connectivity index (χ3n) is 2.49. The lowest BCUT2D eigenvalue weighted by atomic mass is 10.2. The Morgan fingerprint density at radius 2 is 2.11 bits per heavy atom. The number of rotatable bonds is 4. The molecule has 0 bridgehead atoms. The average molecular weight is 259 g/mol. The Labute approximate surface area is 110 Å². The molecule has 0 radical (unpaired) electrons. The molecule has 0 aliphatic carbocycles. The van der Waals surface area contributed by atoms with Crippen LogP contribution in [0.1, 0.15) is 16.1 Å². The summed E-state index contributed by atoms with van der Waals surface area (Å²) < 4.78 is 5.23. The molecule has 6 nitrogen and oxygen atoms in total. The molecule has 2 N–H and O–H groups in total. The Morgan fingerprint density at radius 1 is 1.32 bits per heavy atom. The Hall–Kier alpha value is -2.63. The van der Waals surface area contributed by atoms with Crippen molar-refractivity contribution in [3.05, 3.63) is 41.9 Å². The van der Waals surface area contributed by atoms with Crippen LogP contribution in [-0.4, -0.2) is 28.2 Å². The van der Waals surface area contributed by atoms with Gasteiger partial charge in [0.25, 0.3) is 0 Å². The molecule has 0 saturated heterocycles. The van der Waals surface area contributed by atoms with Crippen molar-refractivity contribution in [3.63, 3.8) is 0 Å². The van der Waals surface area contributed by atoms with Crippen molar-refractivity contribution in [1.29, 1.82) is 0 Å². The van der Waals surface area contributed by atoms with E-state index in [0.29, 0.717) is 11.6 Å². The number of methoxy groups -OCH3 is 1. The van der Waals surface area contributed by atoms with Crippen LogP contribution in [0.4, 0.5) is 11.5 Å². The first-order valence-electron chi connectivity index (χ1n) is 5.57. The number of nitrogens with one attached hydrogen (secondary N) is 1. The van der Waals surface area contributed by atoms with Gasteiger partial charge in [-0.05, 0) is 24.6 Å². The molecule has 2 aromatic rings. The van der Waals surface area contributed by atoms with Gasteiger partial charge < -0.3 is 15.2 Å². The Balaban J connectivity index is 2.25. The Kier molecular flexibility index (Phi) is 3.61. The molecular weight excluding hydrogens is 246 g/mol. The van der Waals surface area contributed by atoms with E-state index in [0.717, 1.165) is 11.3 Å². The second-order valence-corrected chi connectivity index (χ2v) is 3.92. The highest BCUT2D eigenvalue weighted by Crippen LogP contribution is 2.27. The van der Waals surface area contributed by atoms with Crippen LogP contribution in [0.25, 0.3) is 0 Å². The van der Waals surface area contributed by atoms with E-state index in [1.165, 1.54) is 12.4 Å². The van der Waals surface area contributed by atoms with Crippen LogP contribution in [0.2, 0.25) is 0 Å². The van der Waals surface area contributed by atoms with E-state index in [2.05, 4.69) is 15.3 Å². The molecule has 2 rings (SSSR count). The first-order valence-corrected chi connectivity index (χ1v) is 5.57. The standard InChI is InChI=1S/C13H13N3O3/c1-8-3-4-11(19-2)9(5-8)16-12-7-14-10(6-15-12)13(17)18/h3-7H,1-2H3,(H,15,16)(H,17,18). The molecule has 0 amide bonds. The molecule has 1 aromatic carbocycles. The smallest absolute Gasteiger partial charge is 0.356 e. The number of benzene rings is 1. The summed E-state index contributed by atoms with van der Waals surface area (Å²) in [4.78, 5) is 18.4. The predicted molar refractivity (Wildman–Crippen MR) is 70.0 cm³/mol. The summed E-state index contributed by atoms with van der Waals surface area (Å²) in [5, 5.41) is 11.8. The second kappa shape index (κ2) is 5.34. The Bertz CT molecular complexity index is 597. The van der Waals surface area contributed by atoms with Gasteiger partial charge >= 0.3 is 5.97 Å². The van der Waals surface area contributed by atoms with Gasteiger partial charge in [-0.15, -0.1) is 0 Å². The molecule has 0 aliphatic rings. The summed E-state index contributed by atoms with van der Waals surface area (Å²) in [5.74, 6) is 0.0239. The van der Waals surface area contributed by atoms with Crippen LogP contribution in [-0.2, 0) is 0 Å². The number of nitrogens with zero attached hydrogens (tertiary/aromatic N) is 2. The van der Waals surface area contributed by atoms with Crippen LogP contribution < -0.4 is 10.1 Å². The molecule has 6 heteroatoms. The van der Waals surface area contributed by atoms with Crippen LogP contribution in [0.15, 0.2) is 30.6 Å². The van der Waals surface area contributed by atoms with E-state index in [-0.39, 0.29) is 5.69 Å². The van der Waals surface area contributed by atoms with Crippen LogP contribution >= 0.6 is 0 Å². The molecule has 1 aromatic heterocycles. The lowest BCUT2D eigenvalue weighted by molar-refractivity contribution is 0.0690. The van der Waals surface area contributed by atoms with E-state index in [4.69, 9.17) is 9.84 Å². The van der Waals surface area contributed by atoms with Gasteiger partial charge in [-0.2, -0.15) is 0 Å². The van der Waals surface area contributed by atoms with E-state index in [9.17, 15) is 4.79 Å². The van der Waals surface area contributed by atoms with Gasteiger partial charge in [0.1, 0.15) is 11.6 Å². The van der Waals surface area contributed by atoms with E-state index >= 15 is 0 Å². The third kappa shape index (κ3) is 2.98. The molecule has 0 spiro atoms. The number of anilines is 2. The predicted octanol–water partition coefficient (Wildman–Crippen LogP) is 2.24. The van der Waals surface area contributed by atoms with Crippen LogP contribution in [0, 0.1) is 6.92 Å². The molecule has 0 fully saturated rings. The fourth-order valence-corrected chi connectivity index (χ4v) is 1.56. The minimum atomic E-state index is -1.10. The van der Waals surface area contributed by atoms with Crippen molar-refractivity contribution in [1.82, 2.24) is 9.97 Å². The SMILES string of the molecule is COc1ccc(C)cc1Nc1cnc(C(=O)O)cn1. The normalized spacial score (nSPS) is 10.0. The zero-order chi connectivity index (χ0) is 13.8. The highest BCUT2D eigenvalue weighted by Gasteiger charge is 2.07. The summed E-state index contributed by atoms with van der Waals surface area (Å²) in [6, 6.07) is 5.69. The molecule has 0 unspecified atom stereocenters. The zero-order valence-corrected chi connectivity index (χ0v) is 10.5. The fraction of sp³-hybridized carbons (Fsp3) is 0.154. The Morgan fingerprint density at radius 3 is 2.68 bits per heavy atom. The van der Waals surface area contributed by atoms with Gasteiger partial charge in [-0.3, -0.25) is 0 Å². The van der Waals surface area contributed by atoms with E-state index < -0.39 is 5.97 Å². The maximum Gasteiger partial charge on any atom is 0.356 e. The van der Waals surface area contributed by atoms with Gasteiger partial charge in [0.15, 0.2) is 5.69 Å². The molecule has 0 atom stereocenters. The van der Waals surface area contributed by atoms with E-state index in [1.54, 1.807) is 7.11 Å². The number of carboxylic acid groups (broad SMARTS) is 1. The van der Waals surface area contributed by atoms with Crippen molar-refractivity contribution >= 4 is 17.5 Å². The molecule has 19 heavy (non-hydrogen) atoms. The number of hydrogen-bond donors (Lipinski definition) is 2. The van der Waals surface area contributed by atoms with Crippen LogP contribution in [0.3, 0.4) is 0 Å². The third-order valence-corrected chi connectivity index (χ3v) is 2.49. The lowest BCUT2D eigenvalue weighted by Gasteiger charge is -2.11. The van der Waals surface area contributed by atoms with E-state index in [1.807, 2.05) is 25.1 Å². The highest BCUT2D eigenvalue weighted by molar-refractivity contribution is 5.85. The van der Waals surface area contributed by atoms with Crippen molar-refractivity contribution < 1.29 is 14.6 Å². The zero-order valence-electron chi connectivity index (χ0n) is 10.5. The minimum Gasteiger partial charge on any atom is -0.495 e. The maximum absolute atomic E-state index is 10.7. The number of carboxylic acids is 1. The van der Waals surface area contributed by atoms with Gasteiger partial charge in [0, 0.05) is 0 Å². The number of hydrogen-bond acceptors (Lipinski definition) is 5. The highest BCUT2D eigenvalue weighted by atomic mass is 16.5. The molecule has 0 saturated carbocycles. The average Bonchev–Trinajstić information content (AvgIpc) is 2.39. The number of aromatic carboxylic acids is 1. The summed E-state index contributed by atoms with van der Waals surface area (Å²) in [6.07, 6.45) is 2.57. The van der Waals surface area contributed by atoms with Gasteiger partial charge in [-0.25, -0.2) is 14.8 Å². The van der Waals surface area contributed by atoms with Gasteiger partial charge in [0.05, 0.1) is 25.2 Å². The summed E-state index contributed by atoms with van der Waals surface area (Å²) in [6.45, 7) is 1.96. The summed E-state index contributed by atoms with van der Waals surface area (Å²) in [7, 11) is 1.58.